The molecular weight excluding hydrogens is 514 g/mol. The quantitative estimate of drug-likeness (QED) is 0.289. The molecule has 0 saturated carbocycles. The maximum atomic E-state index is 6.50. The molecular formula is C29H32ClN7O2. The molecule has 6 rings (SSSR count). The Labute approximate surface area is 232 Å². The molecule has 2 saturated heterocycles. The van der Waals surface area contributed by atoms with Crippen LogP contribution in [0.4, 0.5) is 17.2 Å². The first-order valence-electron chi connectivity index (χ1n) is 13.3. The number of hydrogen-bond acceptors (Lipinski definition) is 9. The van der Waals surface area contributed by atoms with Crippen LogP contribution in [0.3, 0.4) is 0 Å². The fraction of sp³-hybridized carbons (Fsp3) is 0.345. The summed E-state index contributed by atoms with van der Waals surface area (Å²) in [5.41, 5.74) is 9.30. The first-order valence-corrected chi connectivity index (χ1v) is 13.6. The number of hydrogen-bond donors (Lipinski definition) is 2. The van der Waals surface area contributed by atoms with Gasteiger partial charge in [0.25, 0.3) is 0 Å². The van der Waals surface area contributed by atoms with Gasteiger partial charge in [-0.25, -0.2) is 9.97 Å². The van der Waals surface area contributed by atoms with E-state index in [0.717, 1.165) is 35.4 Å². The molecule has 9 nitrogen and oxygen atoms in total. The van der Waals surface area contributed by atoms with Crippen molar-refractivity contribution in [3.05, 3.63) is 71.8 Å². The SMILES string of the molecule is CN1CCC2C1CCN2CCOc1cc2ncnc(Nc3ccc(OCc4ccccn4)c(Cl)c3)c2cc1N. The van der Waals surface area contributed by atoms with Crippen molar-refractivity contribution < 1.29 is 9.47 Å². The van der Waals surface area contributed by atoms with Crippen molar-refractivity contribution in [1.82, 2.24) is 24.8 Å². The molecule has 2 aliphatic rings. The van der Waals surface area contributed by atoms with Crippen molar-refractivity contribution in [3.63, 3.8) is 0 Å². The highest BCUT2D eigenvalue weighted by atomic mass is 35.5. The van der Waals surface area contributed by atoms with Gasteiger partial charge in [-0.3, -0.25) is 9.88 Å². The number of anilines is 3. The summed E-state index contributed by atoms with van der Waals surface area (Å²) in [6.45, 7) is 4.12. The van der Waals surface area contributed by atoms with E-state index in [4.69, 9.17) is 26.8 Å². The van der Waals surface area contributed by atoms with Crippen LogP contribution < -0.4 is 20.5 Å². The molecule has 2 unspecified atom stereocenters. The predicted octanol–water partition coefficient (Wildman–Crippen LogP) is 4.74. The summed E-state index contributed by atoms with van der Waals surface area (Å²) in [5.74, 6) is 1.85. The smallest absolute Gasteiger partial charge is 0.144 e. The third kappa shape index (κ3) is 5.56. The zero-order valence-electron chi connectivity index (χ0n) is 21.9. The minimum absolute atomic E-state index is 0.337. The van der Waals surface area contributed by atoms with Crippen molar-refractivity contribution in [2.24, 2.45) is 0 Å². The number of halogens is 1. The zero-order valence-corrected chi connectivity index (χ0v) is 22.6. The van der Waals surface area contributed by atoms with E-state index in [9.17, 15) is 0 Å². The topological polar surface area (TPSA) is 102 Å². The Bertz CT molecular complexity index is 1450. The summed E-state index contributed by atoms with van der Waals surface area (Å²) in [7, 11) is 2.23. The van der Waals surface area contributed by atoms with Gasteiger partial charge in [-0.2, -0.15) is 0 Å². The lowest BCUT2D eigenvalue weighted by Crippen LogP contribution is -2.37. The van der Waals surface area contributed by atoms with Gasteiger partial charge in [-0.05, 0) is 62.8 Å². The lowest BCUT2D eigenvalue weighted by molar-refractivity contribution is 0.192. The second-order valence-electron chi connectivity index (χ2n) is 10.1. The highest BCUT2D eigenvalue weighted by Crippen LogP contribution is 2.34. The van der Waals surface area contributed by atoms with Crippen molar-refractivity contribution in [2.75, 3.05) is 44.3 Å². The van der Waals surface area contributed by atoms with Crippen LogP contribution in [0.1, 0.15) is 18.5 Å². The van der Waals surface area contributed by atoms with Crippen LogP contribution >= 0.6 is 11.6 Å². The summed E-state index contributed by atoms with van der Waals surface area (Å²) in [4.78, 5) is 18.2. The van der Waals surface area contributed by atoms with Gasteiger partial charge in [-0.1, -0.05) is 17.7 Å². The fourth-order valence-corrected chi connectivity index (χ4v) is 5.87. The minimum Gasteiger partial charge on any atom is -0.490 e. The van der Waals surface area contributed by atoms with Crippen molar-refractivity contribution >= 4 is 39.7 Å². The van der Waals surface area contributed by atoms with Gasteiger partial charge >= 0.3 is 0 Å². The fourth-order valence-electron chi connectivity index (χ4n) is 5.63. The molecule has 2 aromatic carbocycles. The lowest BCUT2D eigenvalue weighted by Gasteiger charge is -2.24. The Morgan fingerprint density at radius 3 is 2.74 bits per heavy atom. The molecule has 3 N–H and O–H groups in total. The number of nitrogens with zero attached hydrogens (tertiary/aromatic N) is 5. The van der Waals surface area contributed by atoms with Gasteiger partial charge in [0.1, 0.15) is 36.9 Å². The van der Waals surface area contributed by atoms with Crippen molar-refractivity contribution in [2.45, 2.75) is 31.5 Å². The van der Waals surface area contributed by atoms with Gasteiger partial charge in [0, 0.05) is 48.5 Å². The van der Waals surface area contributed by atoms with Crippen molar-refractivity contribution in [1.29, 1.82) is 0 Å². The van der Waals surface area contributed by atoms with E-state index in [2.05, 4.69) is 37.1 Å². The number of nitrogens with one attached hydrogen (secondary N) is 1. The number of nitrogen functional groups attached to an aromatic ring is 1. The second-order valence-corrected chi connectivity index (χ2v) is 10.5. The molecule has 2 aliphatic heterocycles. The molecule has 2 aromatic heterocycles. The van der Waals surface area contributed by atoms with E-state index in [1.807, 2.05) is 42.5 Å². The second kappa shape index (κ2) is 11.2. The predicted molar refractivity (Wildman–Crippen MR) is 154 cm³/mol. The van der Waals surface area contributed by atoms with E-state index < -0.39 is 0 Å². The Morgan fingerprint density at radius 2 is 1.90 bits per heavy atom. The monoisotopic (exact) mass is 545 g/mol. The number of nitrogens with two attached hydrogens (primary N) is 1. The standard InChI is InChI=1S/C29H32ClN7O2/c1-36-10-7-26-25(36)8-11-37(26)12-13-38-28-16-24-21(15-23(28)31)29(34-18-33-24)35-19-5-6-27(22(30)14-19)39-17-20-4-2-3-9-32-20/h2-6,9,14-16,18,25-26H,7-8,10-13,17,31H2,1H3,(H,33,34,35). The van der Waals surface area contributed by atoms with Gasteiger partial charge in [0.05, 0.1) is 21.9 Å². The zero-order chi connectivity index (χ0) is 26.8. The summed E-state index contributed by atoms with van der Waals surface area (Å²) in [6.07, 6.45) is 5.73. The number of ether oxygens (including phenoxy) is 2. The molecule has 0 spiro atoms. The van der Waals surface area contributed by atoms with Crippen LogP contribution in [-0.4, -0.2) is 70.1 Å². The lowest BCUT2D eigenvalue weighted by atomic mass is 10.1. The van der Waals surface area contributed by atoms with Gasteiger partial charge in [0.2, 0.25) is 0 Å². The van der Waals surface area contributed by atoms with Gasteiger partial charge < -0.3 is 25.4 Å². The van der Waals surface area contributed by atoms with Gasteiger partial charge in [-0.15, -0.1) is 0 Å². The third-order valence-electron chi connectivity index (χ3n) is 7.67. The molecule has 0 bridgehead atoms. The number of likely N-dealkylation sites (tertiary alicyclic amines) is 2. The Morgan fingerprint density at radius 1 is 1.00 bits per heavy atom. The molecule has 0 radical (unpaired) electrons. The number of benzene rings is 2. The van der Waals surface area contributed by atoms with Gasteiger partial charge in [0.15, 0.2) is 0 Å². The Kier molecular flexibility index (Phi) is 7.36. The van der Waals surface area contributed by atoms with Crippen LogP contribution in [0.2, 0.25) is 5.02 Å². The number of likely N-dealkylation sites (N-methyl/N-ethyl adjacent to an activating group) is 1. The minimum atomic E-state index is 0.337. The van der Waals surface area contributed by atoms with Crippen LogP contribution in [0.5, 0.6) is 11.5 Å². The molecule has 4 heterocycles. The van der Waals surface area contributed by atoms with Crippen LogP contribution in [0, 0.1) is 0 Å². The molecule has 4 aromatic rings. The largest absolute Gasteiger partial charge is 0.490 e. The molecule has 10 heteroatoms. The highest BCUT2D eigenvalue weighted by Gasteiger charge is 2.40. The normalized spacial score (nSPS) is 19.3. The van der Waals surface area contributed by atoms with Crippen LogP contribution in [-0.2, 0) is 6.61 Å². The van der Waals surface area contributed by atoms with Crippen LogP contribution in [0.25, 0.3) is 10.9 Å². The number of fused-ring (bicyclic) bond motifs is 2. The summed E-state index contributed by atoms with van der Waals surface area (Å²) in [5, 5.41) is 4.61. The van der Waals surface area contributed by atoms with Crippen molar-refractivity contribution in [3.8, 4) is 11.5 Å². The molecule has 39 heavy (non-hydrogen) atoms. The average Bonchev–Trinajstić information content (AvgIpc) is 3.52. The maximum absolute atomic E-state index is 6.50. The number of pyridine rings is 1. The first-order chi connectivity index (χ1) is 19.0. The maximum Gasteiger partial charge on any atom is 0.144 e. The van der Waals surface area contributed by atoms with E-state index in [1.165, 1.54) is 25.7 Å². The molecule has 202 valence electrons. The average molecular weight is 546 g/mol. The van der Waals surface area contributed by atoms with E-state index >= 15 is 0 Å². The third-order valence-corrected chi connectivity index (χ3v) is 7.96. The Hall–Kier alpha value is -3.66. The molecule has 2 fully saturated rings. The summed E-state index contributed by atoms with van der Waals surface area (Å²) < 4.78 is 12.0. The molecule has 2 atom stereocenters. The van der Waals surface area contributed by atoms with E-state index in [1.54, 1.807) is 12.3 Å². The highest BCUT2D eigenvalue weighted by molar-refractivity contribution is 6.32. The van der Waals surface area contributed by atoms with E-state index in [-0.39, 0.29) is 0 Å². The number of aromatic nitrogens is 3. The number of rotatable bonds is 9. The van der Waals surface area contributed by atoms with E-state index in [0.29, 0.717) is 53.3 Å². The first kappa shape index (κ1) is 25.6. The summed E-state index contributed by atoms with van der Waals surface area (Å²) in [6, 6.07) is 16.3. The Balaban J connectivity index is 1.11. The van der Waals surface area contributed by atoms with Crippen LogP contribution in [0.15, 0.2) is 61.1 Å². The molecule has 0 aliphatic carbocycles. The summed E-state index contributed by atoms with van der Waals surface area (Å²) >= 11 is 6.50. The molecule has 0 amide bonds.